The van der Waals surface area contributed by atoms with Crippen LogP contribution in [0.5, 0.6) is 5.75 Å². The summed E-state index contributed by atoms with van der Waals surface area (Å²) in [5.74, 6) is 2.50. The summed E-state index contributed by atoms with van der Waals surface area (Å²) >= 11 is 0. The molecule has 3 nitrogen and oxygen atoms in total. The molecule has 0 spiro atoms. The first-order valence-electron chi connectivity index (χ1n) is 7.81. The van der Waals surface area contributed by atoms with Gasteiger partial charge in [-0.1, -0.05) is 19.8 Å². The highest BCUT2D eigenvalue weighted by atomic mass is 16.5. The van der Waals surface area contributed by atoms with Crippen molar-refractivity contribution in [3.05, 3.63) is 23.0 Å². The van der Waals surface area contributed by atoms with Gasteiger partial charge in [0.15, 0.2) is 0 Å². The van der Waals surface area contributed by atoms with Crippen molar-refractivity contribution in [1.82, 2.24) is 4.98 Å². The number of aromatic nitrogens is 1. The zero-order valence-electron chi connectivity index (χ0n) is 13.3. The molecule has 0 saturated heterocycles. The van der Waals surface area contributed by atoms with Gasteiger partial charge in [-0.25, -0.2) is 0 Å². The molecule has 2 N–H and O–H groups in total. The van der Waals surface area contributed by atoms with Crippen molar-refractivity contribution in [3.8, 4) is 5.75 Å². The SMILES string of the molecule is CCC1CCC(C(N)Cc2ncc(C)c(OC)c2C)C1. The van der Waals surface area contributed by atoms with Crippen molar-refractivity contribution in [3.63, 3.8) is 0 Å². The van der Waals surface area contributed by atoms with Gasteiger partial charge in [-0.3, -0.25) is 4.98 Å². The maximum absolute atomic E-state index is 6.45. The second-order valence-electron chi connectivity index (χ2n) is 6.26. The topological polar surface area (TPSA) is 48.1 Å². The highest BCUT2D eigenvalue weighted by molar-refractivity contribution is 5.41. The molecular formula is C17H28N2O. The number of ether oxygens (including phenoxy) is 1. The molecule has 20 heavy (non-hydrogen) atoms. The standard InChI is InChI=1S/C17H28N2O/c1-5-13-6-7-14(8-13)15(18)9-16-12(3)17(20-4)11(2)10-19-16/h10,13-15H,5-9,18H2,1-4H3. The fourth-order valence-electron chi connectivity index (χ4n) is 3.54. The Morgan fingerprint density at radius 3 is 2.75 bits per heavy atom. The van der Waals surface area contributed by atoms with Crippen LogP contribution in [0.4, 0.5) is 0 Å². The Morgan fingerprint density at radius 2 is 2.15 bits per heavy atom. The van der Waals surface area contributed by atoms with Gasteiger partial charge in [-0.15, -0.1) is 0 Å². The average molecular weight is 276 g/mol. The summed E-state index contributed by atoms with van der Waals surface area (Å²) in [7, 11) is 1.72. The smallest absolute Gasteiger partial charge is 0.128 e. The Kier molecular flexibility index (Phi) is 5.03. The molecule has 0 aromatic carbocycles. The van der Waals surface area contributed by atoms with Crippen molar-refractivity contribution in [2.24, 2.45) is 17.6 Å². The molecule has 1 aromatic rings. The zero-order valence-corrected chi connectivity index (χ0v) is 13.3. The lowest BCUT2D eigenvalue weighted by molar-refractivity contribution is 0.395. The van der Waals surface area contributed by atoms with E-state index in [4.69, 9.17) is 10.5 Å². The normalized spacial score (nSPS) is 23.9. The number of hydrogen-bond donors (Lipinski definition) is 1. The van der Waals surface area contributed by atoms with Gasteiger partial charge >= 0.3 is 0 Å². The third-order valence-corrected chi connectivity index (χ3v) is 4.94. The third-order valence-electron chi connectivity index (χ3n) is 4.94. The monoisotopic (exact) mass is 276 g/mol. The lowest BCUT2D eigenvalue weighted by atomic mass is 9.92. The maximum atomic E-state index is 6.45. The first kappa shape index (κ1) is 15.3. The molecular weight excluding hydrogens is 248 g/mol. The molecule has 0 amide bonds. The van der Waals surface area contributed by atoms with E-state index < -0.39 is 0 Å². The quantitative estimate of drug-likeness (QED) is 0.896. The summed E-state index contributed by atoms with van der Waals surface area (Å²) in [6, 6.07) is 0.227. The molecule has 1 heterocycles. The van der Waals surface area contributed by atoms with Crippen molar-refractivity contribution < 1.29 is 4.74 Å². The van der Waals surface area contributed by atoms with Gasteiger partial charge < -0.3 is 10.5 Å². The third kappa shape index (κ3) is 3.14. The molecule has 1 saturated carbocycles. The van der Waals surface area contributed by atoms with E-state index in [1.807, 2.05) is 13.1 Å². The van der Waals surface area contributed by atoms with Crippen LogP contribution in [-0.2, 0) is 6.42 Å². The highest BCUT2D eigenvalue weighted by Crippen LogP contribution is 2.35. The fourth-order valence-corrected chi connectivity index (χ4v) is 3.54. The first-order valence-corrected chi connectivity index (χ1v) is 7.81. The number of pyridine rings is 1. The molecule has 1 aliphatic rings. The van der Waals surface area contributed by atoms with E-state index in [0.717, 1.165) is 34.9 Å². The van der Waals surface area contributed by atoms with Crippen molar-refractivity contribution >= 4 is 0 Å². The Hall–Kier alpha value is -1.09. The summed E-state index contributed by atoms with van der Waals surface area (Å²) in [6.45, 7) is 6.41. The summed E-state index contributed by atoms with van der Waals surface area (Å²) in [5.41, 5.74) is 9.78. The Labute approximate surface area is 122 Å². The molecule has 1 aliphatic carbocycles. The molecule has 0 radical (unpaired) electrons. The minimum atomic E-state index is 0.227. The molecule has 1 aromatic heterocycles. The predicted octanol–water partition coefficient (Wildman–Crippen LogP) is 3.40. The van der Waals surface area contributed by atoms with Crippen molar-refractivity contribution in [2.75, 3.05) is 7.11 Å². The summed E-state index contributed by atoms with van der Waals surface area (Å²) in [5, 5.41) is 0. The molecule has 1 fully saturated rings. The fraction of sp³-hybridized carbons (Fsp3) is 0.706. The second-order valence-corrected chi connectivity index (χ2v) is 6.26. The van der Waals surface area contributed by atoms with E-state index in [1.165, 1.54) is 25.7 Å². The minimum Gasteiger partial charge on any atom is -0.496 e. The lowest BCUT2D eigenvalue weighted by Crippen LogP contribution is -2.31. The van der Waals surface area contributed by atoms with Crippen molar-refractivity contribution in [1.29, 1.82) is 0 Å². The van der Waals surface area contributed by atoms with Crippen LogP contribution in [0.1, 0.15) is 49.4 Å². The van der Waals surface area contributed by atoms with Gasteiger partial charge in [0.2, 0.25) is 0 Å². The van der Waals surface area contributed by atoms with Gasteiger partial charge in [0.1, 0.15) is 5.75 Å². The molecule has 112 valence electrons. The molecule has 3 heteroatoms. The highest BCUT2D eigenvalue weighted by Gasteiger charge is 2.28. The summed E-state index contributed by atoms with van der Waals surface area (Å²) in [6.07, 6.45) is 7.97. The zero-order chi connectivity index (χ0) is 14.7. The number of methoxy groups -OCH3 is 1. The Morgan fingerprint density at radius 1 is 1.40 bits per heavy atom. The van der Waals surface area contributed by atoms with E-state index in [9.17, 15) is 0 Å². The Bertz CT molecular complexity index is 459. The molecule has 0 bridgehead atoms. The number of nitrogens with two attached hydrogens (primary N) is 1. The van der Waals surface area contributed by atoms with E-state index in [0.29, 0.717) is 5.92 Å². The van der Waals surface area contributed by atoms with Crippen LogP contribution >= 0.6 is 0 Å². The van der Waals surface area contributed by atoms with Gasteiger partial charge in [0, 0.05) is 35.5 Å². The number of aryl methyl sites for hydroxylation is 1. The number of hydrogen-bond acceptors (Lipinski definition) is 3. The average Bonchev–Trinajstić information content (AvgIpc) is 2.91. The molecule has 0 aliphatic heterocycles. The lowest BCUT2D eigenvalue weighted by Gasteiger charge is -2.21. The van der Waals surface area contributed by atoms with Crippen LogP contribution in [0.2, 0.25) is 0 Å². The minimum absolute atomic E-state index is 0.227. The Balaban J connectivity index is 2.07. The first-order chi connectivity index (χ1) is 9.56. The van der Waals surface area contributed by atoms with Crippen molar-refractivity contribution in [2.45, 2.75) is 58.9 Å². The van der Waals surface area contributed by atoms with E-state index >= 15 is 0 Å². The van der Waals surface area contributed by atoms with Gasteiger partial charge in [0.25, 0.3) is 0 Å². The summed E-state index contributed by atoms with van der Waals surface area (Å²) in [4.78, 5) is 4.58. The van der Waals surface area contributed by atoms with Crippen LogP contribution < -0.4 is 10.5 Å². The number of rotatable bonds is 5. The van der Waals surface area contributed by atoms with E-state index in [2.05, 4.69) is 18.8 Å². The van der Waals surface area contributed by atoms with E-state index in [1.54, 1.807) is 7.11 Å². The molecule has 3 atom stereocenters. The van der Waals surface area contributed by atoms with E-state index in [-0.39, 0.29) is 6.04 Å². The van der Waals surface area contributed by atoms with Crippen LogP contribution in [0.25, 0.3) is 0 Å². The van der Waals surface area contributed by atoms with Crippen LogP contribution in [0.15, 0.2) is 6.20 Å². The molecule has 3 unspecified atom stereocenters. The largest absolute Gasteiger partial charge is 0.496 e. The predicted molar refractivity (Wildman–Crippen MR) is 83.1 cm³/mol. The summed E-state index contributed by atoms with van der Waals surface area (Å²) < 4.78 is 5.48. The van der Waals surface area contributed by atoms with Gasteiger partial charge in [-0.2, -0.15) is 0 Å². The van der Waals surface area contributed by atoms with Crippen LogP contribution in [0, 0.1) is 25.7 Å². The van der Waals surface area contributed by atoms with Gasteiger partial charge in [-0.05, 0) is 38.5 Å². The number of nitrogens with zero attached hydrogens (tertiary/aromatic N) is 1. The van der Waals surface area contributed by atoms with Gasteiger partial charge in [0.05, 0.1) is 7.11 Å². The molecule has 2 rings (SSSR count). The van der Waals surface area contributed by atoms with Crippen LogP contribution in [-0.4, -0.2) is 18.1 Å². The van der Waals surface area contributed by atoms with Crippen LogP contribution in [0.3, 0.4) is 0 Å². The maximum Gasteiger partial charge on any atom is 0.128 e. The second kappa shape index (κ2) is 6.57.